The van der Waals surface area contributed by atoms with Crippen molar-refractivity contribution in [3.63, 3.8) is 0 Å². The largest absolute Gasteiger partial charge is 0.481 e. The Balaban J connectivity index is 5.52. The van der Waals surface area contributed by atoms with Gasteiger partial charge in [0, 0.05) is 6.42 Å². The fraction of sp³-hybridized carbons (Fsp3) is 0.762. The molecule has 5 atom stereocenters. The number of carbonyl (C=O) groups excluding carboxylic acids is 3. The Morgan fingerprint density at radius 1 is 0.824 bits per heavy atom. The first-order valence-corrected chi connectivity index (χ1v) is 13.9. The lowest BCUT2D eigenvalue weighted by molar-refractivity contribution is -0.143. The normalized spacial score (nSPS) is 15.3. The van der Waals surface area contributed by atoms with Crippen LogP contribution in [-0.4, -0.2) is 88.1 Å². The molecule has 34 heavy (non-hydrogen) atoms. The van der Waals surface area contributed by atoms with E-state index in [4.69, 9.17) is 10.8 Å². The Labute approximate surface area is 209 Å². The maximum absolute atomic E-state index is 12.9. The van der Waals surface area contributed by atoms with Gasteiger partial charge in [0.15, 0.2) is 0 Å². The zero-order valence-corrected chi connectivity index (χ0v) is 21.8. The average molecular weight is 523 g/mol. The first-order valence-electron chi connectivity index (χ1n) is 11.1. The zero-order chi connectivity index (χ0) is 26.3. The Kier molecular flexibility index (Phi) is 16.4. The molecule has 0 saturated carbocycles. The third kappa shape index (κ3) is 12.5. The lowest BCUT2D eigenvalue weighted by atomic mass is 9.98. The topological polar surface area (TPSA) is 188 Å². The number of carboxylic acid groups (broad SMARTS) is 2. The van der Waals surface area contributed by atoms with E-state index in [2.05, 4.69) is 16.0 Å². The van der Waals surface area contributed by atoms with Crippen LogP contribution in [0, 0.1) is 5.92 Å². The van der Waals surface area contributed by atoms with Crippen LogP contribution in [0.2, 0.25) is 0 Å². The summed E-state index contributed by atoms with van der Waals surface area (Å²) in [6, 6.07) is -4.25. The summed E-state index contributed by atoms with van der Waals surface area (Å²) in [5, 5.41) is 26.0. The van der Waals surface area contributed by atoms with Crippen molar-refractivity contribution in [3.05, 3.63) is 0 Å². The van der Waals surface area contributed by atoms with Crippen LogP contribution in [0.25, 0.3) is 0 Å². The van der Waals surface area contributed by atoms with E-state index in [0.717, 1.165) is 0 Å². The molecule has 0 aliphatic heterocycles. The Hall–Kier alpha value is -1.99. The molecule has 11 nitrogen and oxygen atoms in total. The number of carboxylic acids is 2. The smallest absolute Gasteiger partial charge is 0.326 e. The second kappa shape index (κ2) is 17.4. The standard InChI is InChI=1S/C21H38N4O7S2/c1-5-12(2)17(21(31)32)25-20(30)15(9-11-34-4)24-19(29)14(6-7-16(26)27)23-18(28)13(22)8-10-33-3/h12-15,17H,5-11,22H2,1-4H3,(H,23,28)(H,24,29)(H,25,30)(H,26,27)(H,31,32). The van der Waals surface area contributed by atoms with Gasteiger partial charge in [-0.25, -0.2) is 4.79 Å². The quantitative estimate of drug-likeness (QED) is 0.146. The highest BCUT2D eigenvalue weighted by atomic mass is 32.2. The van der Waals surface area contributed by atoms with Gasteiger partial charge in [-0.2, -0.15) is 23.5 Å². The van der Waals surface area contributed by atoms with Crippen molar-refractivity contribution < 1.29 is 34.2 Å². The van der Waals surface area contributed by atoms with E-state index in [-0.39, 0.29) is 25.2 Å². The van der Waals surface area contributed by atoms with Gasteiger partial charge in [0.25, 0.3) is 0 Å². The molecule has 0 aromatic rings. The van der Waals surface area contributed by atoms with Crippen LogP contribution in [0.3, 0.4) is 0 Å². The fourth-order valence-corrected chi connectivity index (χ4v) is 3.87. The van der Waals surface area contributed by atoms with E-state index >= 15 is 0 Å². The molecule has 0 bridgehead atoms. The maximum atomic E-state index is 12.9. The molecule has 0 fully saturated rings. The van der Waals surface area contributed by atoms with Gasteiger partial charge in [0.1, 0.15) is 18.1 Å². The van der Waals surface area contributed by atoms with Crippen molar-refractivity contribution in [3.8, 4) is 0 Å². The van der Waals surface area contributed by atoms with Gasteiger partial charge in [0.2, 0.25) is 17.7 Å². The number of hydrogen-bond donors (Lipinski definition) is 6. The van der Waals surface area contributed by atoms with E-state index in [1.165, 1.54) is 23.5 Å². The summed E-state index contributed by atoms with van der Waals surface area (Å²) in [4.78, 5) is 60.8. The predicted molar refractivity (Wildman–Crippen MR) is 134 cm³/mol. The lowest BCUT2D eigenvalue weighted by Crippen LogP contribution is -2.57. The number of amides is 3. The number of rotatable bonds is 18. The van der Waals surface area contributed by atoms with Crippen LogP contribution >= 0.6 is 23.5 Å². The van der Waals surface area contributed by atoms with Crippen molar-refractivity contribution in [1.29, 1.82) is 0 Å². The van der Waals surface area contributed by atoms with Crippen LogP contribution in [0.15, 0.2) is 0 Å². The second-order valence-corrected chi connectivity index (χ2v) is 9.91. The van der Waals surface area contributed by atoms with E-state index in [1.54, 1.807) is 13.8 Å². The van der Waals surface area contributed by atoms with Gasteiger partial charge < -0.3 is 31.9 Å². The minimum atomic E-state index is -1.21. The Morgan fingerprint density at radius 3 is 1.82 bits per heavy atom. The van der Waals surface area contributed by atoms with Gasteiger partial charge in [-0.05, 0) is 49.2 Å². The number of carbonyl (C=O) groups is 5. The number of nitrogens with one attached hydrogen (secondary N) is 3. The summed E-state index contributed by atoms with van der Waals surface area (Å²) in [6.45, 7) is 3.51. The SMILES string of the molecule is CCC(C)C(NC(=O)C(CCSC)NC(=O)C(CCC(=O)O)NC(=O)C(N)CCSC)C(=O)O. The molecule has 0 spiro atoms. The molecule has 3 amide bonds. The van der Waals surface area contributed by atoms with Crippen LogP contribution in [-0.2, 0) is 24.0 Å². The summed E-state index contributed by atoms with van der Waals surface area (Å²) in [7, 11) is 0. The molecule has 0 rings (SSSR count). The third-order valence-electron chi connectivity index (χ3n) is 5.27. The number of hydrogen-bond acceptors (Lipinski definition) is 8. The summed E-state index contributed by atoms with van der Waals surface area (Å²) in [5.41, 5.74) is 5.85. The molecular weight excluding hydrogens is 484 g/mol. The van der Waals surface area contributed by atoms with E-state index in [0.29, 0.717) is 24.3 Å². The summed E-state index contributed by atoms with van der Waals surface area (Å²) >= 11 is 2.95. The highest BCUT2D eigenvalue weighted by Crippen LogP contribution is 2.10. The van der Waals surface area contributed by atoms with Gasteiger partial charge in [-0.3, -0.25) is 19.2 Å². The Morgan fingerprint density at radius 2 is 1.32 bits per heavy atom. The van der Waals surface area contributed by atoms with Crippen LogP contribution in [0.5, 0.6) is 0 Å². The molecule has 196 valence electrons. The van der Waals surface area contributed by atoms with Crippen molar-refractivity contribution >= 4 is 53.2 Å². The fourth-order valence-electron chi connectivity index (χ4n) is 2.91. The minimum absolute atomic E-state index is 0.191. The molecule has 0 radical (unpaired) electrons. The lowest BCUT2D eigenvalue weighted by Gasteiger charge is -2.26. The summed E-state index contributed by atoms with van der Waals surface area (Å²) in [5.74, 6) is -3.49. The highest BCUT2D eigenvalue weighted by molar-refractivity contribution is 7.98. The number of aliphatic carboxylic acids is 2. The first kappa shape index (κ1) is 32.0. The minimum Gasteiger partial charge on any atom is -0.481 e. The van der Waals surface area contributed by atoms with Crippen LogP contribution in [0.1, 0.15) is 46.0 Å². The number of thioether (sulfide) groups is 2. The second-order valence-electron chi connectivity index (χ2n) is 7.93. The van der Waals surface area contributed by atoms with Gasteiger partial charge in [-0.1, -0.05) is 20.3 Å². The Bertz CT molecular complexity index is 696. The molecule has 5 unspecified atom stereocenters. The molecule has 0 heterocycles. The van der Waals surface area contributed by atoms with Crippen molar-refractivity contribution in [2.45, 2.75) is 70.1 Å². The third-order valence-corrected chi connectivity index (χ3v) is 6.56. The molecule has 0 aliphatic rings. The monoisotopic (exact) mass is 522 g/mol. The van der Waals surface area contributed by atoms with E-state index in [1.807, 2.05) is 12.5 Å². The molecule has 13 heteroatoms. The molecule has 0 aliphatic carbocycles. The molecule has 7 N–H and O–H groups in total. The zero-order valence-electron chi connectivity index (χ0n) is 20.2. The average Bonchev–Trinajstić information content (AvgIpc) is 2.79. The van der Waals surface area contributed by atoms with E-state index in [9.17, 15) is 29.1 Å². The van der Waals surface area contributed by atoms with Crippen LogP contribution < -0.4 is 21.7 Å². The van der Waals surface area contributed by atoms with Gasteiger partial charge in [0.05, 0.1) is 6.04 Å². The molecular formula is C21H38N4O7S2. The van der Waals surface area contributed by atoms with Crippen molar-refractivity contribution in [1.82, 2.24) is 16.0 Å². The summed E-state index contributed by atoms with van der Waals surface area (Å²) < 4.78 is 0. The highest BCUT2D eigenvalue weighted by Gasteiger charge is 2.31. The number of nitrogens with two attached hydrogens (primary N) is 1. The van der Waals surface area contributed by atoms with Gasteiger partial charge >= 0.3 is 11.9 Å². The van der Waals surface area contributed by atoms with Crippen LogP contribution in [0.4, 0.5) is 0 Å². The van der Waals surface area contributed by atoms with Crippen molar-refractivity contribution in [2.75, 3.05) is 24.0 Å². The van der Waals surface area contributed by atoms with Gasteiger partial charge in [-0.15, -0.1) is 0 Å². The molecule has 0 aromatic heterocycles. The van der Waals surface area contributed by atoms with E-state index < -0.39 is 53.8 Å². The first-order chi connectivity index (χ1) is 16.0. The molecule has 0 aromatic carbocycles. The molecule has 0 saturated heterocycles. The summed E-state index contributed by atoms with van der Waals surface area (Å²) in [6.07, 6.45) is 4.24. The predicted octanol–water partition coefficient (Wildman–Crippen LogP) is 0.270. The maximum Gasteiger partial charge on any atom is 0.326 e. The van der Waals surface area contributed by atoms with Crippen molar-refractivity contribution in [2.24, 2.45) is 11.7 Å².